The third-order valence-electron chi connectivity index (χ3n) is 3.64. The third kappa shape index (κ3) is 3.08. The molecule has 0 aliphatic carbocycles. The molecule has 3 rings (SSSR count). The van der Waals surface area contributed by atoms with Gasteiger partial charge in [-0.25, -0.2) is 4.39 Å². The minimum Gasteiger partial charge on any atom is -0.366 e. The summed E-state index contributed by atoms with van der Waals surface area (Å²) in [4.78, 5) is 15.1. The molecular weight excluding hydrogens is 287 g/mol. The molecule has 1 N–H and O–H groups in total. The minimum atomic E-state index is -0.282. The highest BCUT2D eigenvalue weighted by Crippen LogP contribution is 2.34. The highest BCUT2D eigenvalue weighted by Gasteiger charge is 2.20. The lowest BCUT2D eigenvalue weighted by Gasteiger charge is -2.23. The largest absolute Gasteiger partial charge is 0.366 e. The Kier molecular flexibility index (Phi) is 3.92. The number of anilines is 1. The monoisotopic (exact) mass is 304 g/mol. The van der Waals surface area contributed by atoms with E-state index in [1.807, 2.05) is 6.07 Å². The van der Waals surface area contributed by atoms with E-state index in [9.17, 15) is 9.18 Å². The summed E-state index contributed by atoms with van der Waals surface area (Å²) in [5.41, 5.74) is 2.02. The first-order valence-electron chi connectivity index (χ1n) is 7.00. The molecule has 1 aromatic carbocycles. The molecule has 2 heterocycles. The number of nitrogens with zero attached hydrogens (tertiary/aromatic N) is 1. The van der Waals surface area contributed by atoms with Gasteiger partial charge in [-0.1, -0.05) is 12.1 Å². The second-order valence-electron chi connectivity index (χ2n) is 5.28. The normalized spacial score (nSPS) is 13.9. The predicted molar refractivity (Wildman–Crippen MR) is 83.5 cm³/mol. The number of hydrogen-bond donors (Lipinski definition) is 1. The van der Waals surface area contributed by atoms with Gasteiger partial charge in [-0.2, -0.15) is 0 Å². The number of fused-ring (bicyclic) bond motifs is 1. The van der Waals surface area contributed by atoms with Gasteiger partial charge in [0.1, 0.15) is 5.82 Å². The fraction of sp³-hybridized carbons (Fsp3) is 0.312. The summed E-state index contributed by atoms with van der Waals surface area (Å²) >= 11 is 1.53. The second kappa shape index (κ2) is 5.85. The zero-order valence-corrected chi connectivity index (χ0v) is 12.7. The van der Waals surface area contributed by atoms with E-state index >= 15 is 0 Å². The van der Waals surface area contributed by atoms with Gasteiger partial charge in [0, 0.05) is 20.1 Å². The number of carbonyl (C=O) groups excluding carboxylic acids is 1. The van der Waals surface area contributed by atoms with Gasteiger partial charge in [-0.05, 0) is 42.2 Å². The van der Waals surface area contributed by atoms with Crippen molar-refractivity contribution >= 4 is 22.2 Å². The number of amides is 1. The van der Waals surface area contributed by atoms with E-state index in [1.165, 1.54) is 34.0 Å². The lowest BCUT2D eigenvalue weighted by molar-refractivity contribution is 0.0955. The topological polar surface area (TPSA) is 32.3 Å². The molecule has 1 amide bonds. The maximum absolute atomic E-state index is 13.1. The van der Waals surface area contributed by atoms with E-state index in [0.717, 1.165) is 29.8 Å². The molecule has 1 aliphatic rings. The van der Waals surface area contributed by atoms with Crippen LogP contribution in [0.3, 0.4) is 0 Å². The van der Waals surface area contributed by atoms with E-state index in [4.69, 9.17) is 0 Å². The van der Waals surface area contributed by atoms with Gasteiger partial charge >= 0.3 is 0 Å². The average molecular weight is 304 g/mol. The van der Waals surface area contributed by atoms with E-state index in [2.05, 4.69) is 17.3 Å². The average Bonchev–Trinajstić information content (AvgIpc) is 2.90. The first-order valence-corrected chi connectivity index (χ1v) is 7.81. The molecule has 0 saturated carbocycles. The van der Waals surface area contributed by atoms with Gasteiger partial charge in [0.2, 0.25) is 0 Å². The molecule has 1 aliphatic heterocycles. The Morgan fingerprint density at radius 2 is 2.29 bits per heavy atom. The van der Waals surface area contributed by atoms with Crippen molar-refractivity contribution in [1.82, 2.24) is 5.32 Å². The molecule has 5 heteroatoms. The molecule has 0 unspecified atom stereocenters. The van der Waals surface area contributed by atoms with Crippen molar-refractivity contribution < 1.29 is 9.18 Å². The molecule has 0 radical (unpaired) electrons. The van der Waals surface area contributed by atoms with Crippen LogP contribution in [0.4, 0.5) is 9.39 Å². The molecule has 2 aromatic rings. The molecule has 0 saturated heterocycles. The zero-order valence-electron chi connectivity index (χ0n) is 11.9. The van der Waals surface area contributed by atoms with Crippen molar-refractivity contribution in [2.24, 2.45) is 0 Å². The number of carbonyl (C=O) groups is 1. The van der Waals surface area contributed by atoms with Crippen molar-refractivity contribution in [3.8, 4) is 0 Å². The van der Waals surface area contributed by atoms with Crippen molar-refractivity contribution in [3.63, 3.8) is 0 Å². The first-order chi connectivity index (χ1) is 10.1. The van der Waals surface area contributed by atoms with E-state index in [1.54, 1.807) is 12.1 Å². The first kappa shape index (κ1) is 14.1. The maximum Gasteiger partial charge on any atom is 0.261 e. The molecule has 1 aromatic heterocycles. The molecule has 0 fully saturated rings. The third-order valence-corrected chi connectivity index (χ3v) is 4.93. The summed E-state index contributed by atoms with van der Waals surface area (Å²) in [6, 6.07) is 8.27. The fourth-order valence-electron chi connectivity index (χ4n) is 2.56. The van der Waals surface area contributed by atoms with Crippen molar-refractivity contribution in [2.75, 3.05) is 18.5 Å². The molecule has 110 valence electrons. The van der Waals surface area contributed by atoms with Crippen LogP contribution in [0.2, 0.25) is 0 Å². The van der Waals surface area contributed by atoms with Crippen molar-refractivity contribution in [1.29, 1.82) is 0 Å². The molecule has 21 heavy (non-hydrogen) atoms. The van der Waals surface area contributed by atoms with Gasteiger partial charge in [-0.3, -0.25) is 4.79 Å². The summed E-state index contributed by atoms with van der Waals surface area (Å²) in [5.74, 6) is -0.373. The van der Waals surface area contributed by atoms with Gasteiger partial charge in [0.15, 0.2) is 0 Å². The van der Waals surface area contributed by atoms with E-state index < -0.39 is 0 Å². The zero-order chi connectivity index (χ0) is 14.8. The van der Waals surface area contributed by atoms with E-state index in [-0.39, 0.29) is 11.7 Å². The number of benzene rings is 1. The van der Waals surface area contributed by atoms with Crippen LogP contribution >= 0.6 is 11.3 Å². The van der Waals surface area contributed by atoms with Crippen LogP contribution in [0, 0.1) is 5.82 Å². The molecule has 0 bridgehead atoms. The van der Waals surface area contributed by atoms with Gasteiger partial charge in [0.25, 0.3) is 5.91 Å². The van der Waals surface area contributed by atoms with Crippen molar-refractivity contribution in [2.45, 2.75) is 19.4 Å². The summed E-state index contributed by atoms with van der Waals surface area (Å²) in [6.45, 7) is 1.38. The van der Waals surface area contributed by atoms with Crippen LogP contribution in [0.25, 0.3) is 0 Å². The van der Waals surface area contributed by atoms with Crippen LogP contribution in [0.5, 0.6) is 0 Å². The minimum absolute atomic E-state index is 0.0907. The quantitative estimate of drug-likeness (QED) is 0.944. The van der Waals surface area contributed by atoms with Gasteiger partial charge < -0.3 is 10.2 Å². The lowest BCUT2D eigenvalue weighted by Crippen LogP contribution is -2.22. The van der Waals surface area contributed by atoms with Crippen LogP contribution in [0.15, 0.2) is 30.3 Å². The van der Waals surface area contributed by atoms with Crippen LogP contribution < -0.4 is 10.2 Å². The Labute approximate surface area is 127 Å². The Morgan fingerprint density at radius 1 is 1.43 bits per heavy atom. The lowest BCUT2D eigenvalue weighted by atomic mass is 10.1. The molecule has 3 nitrogen and oxygen atoms in total. The van der Waals surface area contributed by atoms with E-state index in [0.29, 0.717) is 6.54 Å². The SMILES string of the molecule is CN1CCCc2cc(C(=O)NCc3cccc(F)c3)sc21. The standard InChI is InChI=1S/C16H17FN2OS/c1-19-7-3-5-12-9-14(21-16(12)19)15(20)18-10-11-4-2-6-13(17)8-11/h2,4,6,8-9H,3,5,7,10H2,1H3,(H,18,20). The van der Waals surface area contributed by atoms with Crippen LogP contribution in [-0.4, -0.2) is 19.5 Å². The molecular formula is C16H17FN2OS. The van der Waals surface area contributed by atoms with Gasteiger partial charge in [-0.15, -0.1) is 11.3 Å². The number of thiophene rings is 1. The van der Waals surface area contributed by atoms with Crippen molar-refractivity contribution in [3.05, 3.63) is 52.2 Å². The Bertz CT molecular complexity index is 668. The summed E-state index contributed by atoms with van der Waals surface area (Å²) < 4.78 is 13.1. The maximum atomic E-state index is 13.1. The second-order valence-corrected chi connectivity index (χ2v) is 6.31. The van der Waals surface area contributed by atoms with Crippen LogP contribution in [-0.2, 0) is 13.0 Å². The Morgan fingerprint density at radius 3 is 3.05 bits per heavy atom. The molecule has 0 spiro atoms. The Balaban J connectivity index is 1.68. The summed E-state index contributed by atoms with van der Waals surface area (Å²) in [5, 5.41) is 4.04. The number of hydrogen-bond acceptors (Lipinski definition) is 3. The summed E-state index contributed by atoms with van der Waals surface area (Å²) in [7, 11) is 2.06. The van der Waals surface area contributed by atoms with Gasteiger partial charge in [0.05, 0.1) is 9.88 Å². The fourth-order valence-corrected chi connectivity index (χ4v) is 3.67. The summed E-state index contributed by atoms with van der Waals surface area (Å²) in [6.07, 6.45) is 2.16. The van der Waals surface area contributed by atoms with Crippen LogP contribution in [0.1, 0.15) is 27.2 Å². The number of halogens is 1. The predicted octanol–water partition coefficient (Wildman–Crippen LogP) is 3.20. The number of nitrogens with one attached hydrogen (secondary N) is 1. The highest BCUT2D eigenvalue weighted by molar-refractivity contribution is 7.18. The smallest absolute Gasteiger partial charge is 0.261 e. The number of aryl methyl sites for hydroxylation is 1. The number of rotatable bonds is 3. The Hall–Kier alpha value is -1.88. The highest BCUT2D eigenvalue weighted by atomic mass is 32.1. The molecule has 0 atom stereocenters.